The van der Waals surface area contributed by atoms with Crippen molar-refractivity contribution in [2.24, 2.45) is 0 Å². The van der Waals surface area contributed by atoms with Gasteiger partial charge in [-0.2, -0.15) is 0 Å². The minimum atomic E-state index is -0.290. The summed E-state index contributed by atoms with van der Waals surface area (Å²) in [5.74, 6) is 0. The molecule has 2 aromatic rings. The van der Waals surface area contributed by atoms with Crippen molar-refractivity contribution in [2.45, 2.75) is 12.8 Å². The Morgan fingerprint density at radius 2 is 1.78 bits per heavy atom. The summed E-state index contributed by atoms with van der Waals surface area (Å²) in [6, 6.07) is 15.6. The van der Waals surface area contributed by atoms with Crippen LogP contribution in [0, 0.1) is 10.1 Å². The van der Waals surface area contributed by atoms with Gasteiger partial charge in [0.05, 0.1) is 1.37 Å². The molecular formula is C15H15NO2. The fourth-order valence-corrected chi connectivity index (χ4v) is 1.95. The van der Waals surface area contributed by atoms with Crippen LogP contribution < -0.4 is 0 Å². The first-order valence-electron chi connectivity index (χ1n) is 6.39. The van der Waals surface area contributed by atoms with Crippen LogP contribution in [-0.2, 0) is 12.8 Å². The van der Waals surface area contributed by atoms with Crippen LogP contribution in [0.4, 0.5) is 0 Å². The summed E-state index contributed by atoms with van der Waals surface area (Å²) >= 11 is 0. The highest BCUT2D eigenvalue weighted by Gasteiger charge is 2.06. The monoisotopic (exact) mass is 242 g/mol. The molecule has 0 aromatic heterocycles. The normalized spacial score (nSPS) is 11.0. The van der Waals surface area contributed by atoms with E-state index in [2.05, 4.69) is 0 Å². The molecule has 0 atom stereocenters. The quantitative estimate of drug-likeness (QED) is 0.597. The van der Waals surface area contributed by atoms with Crippen LogP contribution in [0.5, 0.6) is 0 Å². The van der Waals surface area contributed by atoms with Crippen molar-refractivity contribution in [3.63, 3.8) is 0 Å². The van der Waals surface area contributed by atoms with Crippen molar-refractivity contribution >= 4 is 0 Å². The van der Waals surface area contributed by atoms with E-state index in [0.29, 0.717) is 18.9 Å². The smallest absolute Gasteiger partial charge is 0.207 e. The summed E-state index contributed by atoms with van der Waals surface area (Å²) in [7, 11) is 0. The average molecular weight is 242 g/mol. The molecule has 0 N–H and O–H groups in total. The molecule has 0 saturated carbocycles. The predicted octanol–water partition coefficient (Wildman–Crippen LogP) is 3.10. The first kappa shape index (κ1) is 11.0. The van der Waals surface area contributed by atoms with E-state index >= 15 is 0 Å². The largest absolute Gasteiger partial charge is 0.265 e. The fourth-order valence-electron chi connectivity index (χ4n) is 1.95. The zero-order chi connectivity index (χ0) is 13.7. The van der Waals surface area contributed by atoms with Crippen LogP contribution >= 0.6 is 0 Å². The summed E-state index contributed by atoms with van der Waals surface area (Å²) in [5, 5.41) is 10.5. The summed E-state index contributed by atoms with van der Waals surface area (Å²) < 4.78 is 7.60. The topological polar surface area (TPSA) is 43.1 Å². The van der Waals surface area contributed by atoms with Gasteiger partial charge in [-0.1, -0.05) is 54.6 Å². The third kappa shape index (κ3) is 3.42. The number of nitro groups is 1. The van der Waals surface area contributed by atoms with E-state index in [4.69, 9.17) is 1.37 Å². The second-order valence-electron chi connectivity index (χ2n) is 4.16. The first-order chi connectivity index (χ1) is 9.15. The van der Waals surface area contributed by atoms with E-state index in [1.807, 2.05) is 42.5 Å². The molecule has 0 unspecified atom stereocenters. The Morgan fingerprint density at radius 3 is 2.50 bits per heavy atom. The van der Waals surface area contributed by atoms with Gasteiger partial charge in [-0.05, 0) is 23.1 Å². The van der Waals surface area contributed by atoms with E-state index in [1.54, 1.807) is 6.07 Å². The molecule has 2 rings (SSSR count). The maximum Gasteiger partial charge on any atom is 0.207 e. The summed E-state index contributed by atoms with van der Waals surface area (Å²) in [5.41, 5.74) is 3.16. The van der Waals surface area contributed by atoms with Gasteiger partial charge in [0.25, 0.3) is 0 Å². The highest BCUT2D eigenvalue weighted by molar-refractivity contribution is 5.32. The number of hydrogen-bond donors (Lipinski definition) is 0. The predicted molar refractivity (Wildman–Crippen MR) is 71.3 cm³/mol. The maximum atomic E-state index is 10.5. The first-order valence-corrected chi connectivity index (χ1v) is 5.89. The van der Waals surface area contributed by atoms with E-state index < -0.39 is 0 Å². The van der Waals surface area contributed by atoms with Crippen LogP contribution in [0.3, 0.4) is 0 Å². The molecular weight excluding hydrogens is 226 g/mol. The summed E-state index contributed by atoms with van der Waals surface area (Å²) in [6.07, 6.45) is 1.16. The van der Waals surface area contributed by atoms with Gasteiger partial charge in [0.1, 0.15) is 0 Å². The van der Waals surface area contributed by atoms with E-state index in [-0.39, 0.29) is 11.5 Å². The van der Waals surface area contributed by atoms with E-state index in [9.17, 15) is 10.1 Å². The van der Waals surface area contributed by atoms with Gasteiger partial charge in [0.2, 0.25) is 6.54 Å². The molecule has 18 heavy (non-hydrogen) atoms. The van der Waals surface area contributed by atoms with Crippen LogP contribution in [0.25, 0.3) is 0 Å². The minimum Gasteiger partial charge on any atom is -0.265 e. The standard InChI is InChI=1S/C15H15NO2/c17-16(18)11-10-14-8-4-5-9-15(14)12-13-6-2-1-3-7-13/h1-9H,10-12H2/i2D. The third-order valence-electron chi connectivity index (χ3n) is 2.85. The van der Waals surface area contributed by atoms with Crippen molar-refractivity contribution in [3.8, 4) is 0 Å². The Labute approximate surface area is 108 Å². The molecule has 0 heterocycles. The van der Waals surface area contributed by atoms with Gasteiger partial charge >= 0.3 is 0 Å². The molecule has 0 saturated heterocycles. The van der Waals surface area contributed by atoms with Gasteiger partial charge in [0.15, 0.2) is 0 Å². The molecule has 0 radical (unpaired) electrons. The third-order valence-corrected chi connectivity index (χ3v) is 2.85. The summed E-state index contributed by atoms with van der Waals surface area (Å²) in [6.45, 7) is -0.0461. The molecule has 3 nitrogen and oxygen atoms in total. The van der Waals surface area contributed by atoms with Crippen LogP contribution in [0.15, 0.2) is 54.6 Å². The maximum absolute atomic E-state index is 10.5. The second kappa shape index (κ2) is 5.96. The lowest BCUT2D eigenvalue weighted by atomic mass is 9.98. The molecule has 3 heteroatoms. The molecule has 0 spiro atoms. The molecule has 0 aliphatic heterocycles. The van der Waals surface area contributed by atoms with Gasteiger partial charge in [-0.15, -0.1) is 0 Å². The van der Waals surface area contributed by atoms with Gasteiger partial charge in [-0.3, -0.25) is 10.1 Å². The lowest BCUT2D eigenvalue weighted by Gasteiger charge is -2.07. The fraction of sp³-hybridized carbons (Fsp3) is 0.200. The SMILES string of the molecule is [2H]c1cccc(Cc2ccccc2CC[N+](=O)[O-])c1. The highest BCUT2D eigenvalue weighted by atomic mass is 16.6. The number of rotatable bonds is 5. The molecule has 2 aromatic carbocycles. The van der Waals surface area contributed by atoms with Crippen molar-refractivity contribution in [3.05, 3.63) is 81.4 Å². The van der Waals surface area contributed by atoms with E-state index in [1.165, 1.54) is 0 Å². The van der Waals surface area contributed by atoms with Gasteiger partial charge < -0.3 is 0 Å². The number of hydrogen-bond acceptors (Lipinski definition) is 2. The Morgan fingerprint density at radius 1 is 1.06 bits per heavy atom. The van der Waals surface area contributed by atoms with Crippen molar-refractivity contribution in [2.75, 3.05) is 6.54 Å². The Hall–Kier alpha value is -2.16. The summed E-state index contributed by atoms with van der Waals surface area (Å²) in [4.78, 5) is 10.2. The Kier molecular flexibility index (Phi) is 3.63. The second-order valence-corrected chi connectivity index (χ2v) is 4.16. The van der Waals surface area contributed by atoms with Gasteiger partial charge in [-0.25, -0.2) is 0 Å². The zero-order valence-electron chi connectivity index (χ0n) is 11.0. The Balaban J connectivity index is 2.17. The van der Waals surface area contributed by atoms with Crippen molar-refractivity contribution < 1.29 is 6.29 Å². The van der Waals surface area contributed by atoms with Crippen LogP contribution in [-0.4, -0.2) is 11.5 Å². The highest BCUT2D eigenvalue weighted by Crippen LogP contribution is 2.14. The Bertz CT molecular complexity index is 584. The number of nitrogens with zero attached hydrogens (tertiary/aromatic N) is 1. The molecule has 0 fully saturated rings. The lowest BCUT2D eigenvalue weighted by Crippen LogP contribution is -2.06. The van der Waals surface area contributed by atoms with Crippen LogP contribution in [0.2, 0.25) is 0 Å². The van der Waals surface area contributed by atoms with Crippen molar-refractivity contribution in [1.82, 2.24) is 0 Å². The number of benzene rings is 2. The van der Waals surface area contributed by atoms with Crippen molar-refractivity contribution in [1.29, 1.82) is 0 Å². The molecule has 92 valence electrons. The van der Waals surface area contributed by atoms with E-state index in [0.717, 1.165) is 16.7 Å². The molecule has 0 aliphatic carbocycles. The van der Waals surface area contributed by atoms with Gasteiger partial charge in [0, 0.05) is 11.3 Å². The lowest BCUT2D eigenvalue weighted by molar-refractivity contribution is -0.479. The zero-order valence-corrected chi connectivity index (χ0v) is 10.0. The molecule has 0 amide bonds. The molecule has 0 bridgehead atoms. The van der Waals surface area contributed by atoms with Crippen LogP contribution in [0.1, 0.15) is 18.1 Å². The average Bonchev–Trinajstić information content (AvgIpc) is 2.38. The molecule has 0 aliphatic rings. The minimum absolute atomic E-state index is 0.0461.